The van der Waals surface area contributed by atoms with Crippen LogP contribution in [0.25, 0.3) is 0 Å². The second-order valence-corrected chi connectivity index (χ2v) is 3.62. The summed E-state index contributed by atoms with van der Waals surface area (Å²) in [5.41, 5.74) is 0. The molecule has 0 N–H and O–H groups in total. The van der Waals surface area contributed by atoms with Crippen LogP contribution in [0.3, 0.4) is 0 Å². The third kappa shape index (κ3) is 10.1. The van der Waals surface area contributed by atoms with Crippen LogP contribution in [0.5, 0.6) is 0 Å². The lowest BCUT2D eigenvalue weighted by Crippen LogP contribution is -1.87. The Bertz CT molecular complexity index is 102. The Labute approximate surface area is 74.8 Å². The summed E-state index contributed by atoms with van der Waals surface area (Å²) in [6.45, 7) is 2.08. The number of hydrogen-bond acceptors (Lipinski definition) is 1. The van der Waals surface area contributed by atoms with Gasteiger partial charge in [-0.3, -0.25) is 0 Å². The van der Waals surface area contributed by atoms with Crippen molar-refractivity contribution in [3.05, 3.63) is 0 Å². The average molecular weight is 173 g/mol. The Morgan fingerprint density at radius 1 is 1.09 bits per heavy atom. The summed E-state index contributed by atoms with van der Waals surface area (Å²) < 4.78 is 0. The minimum atomic E-state index is 0.0895. The van der Waals surface area contributed by atoms with Crippen molar-refractivity contribution in [2.75, 3.05) is 6.61 Å². The molecule has 1 radical (unpaired) electrons. The molecule has 0 aliphatic rings. The van der Waals surface area contributed by atoms with Crippen molar-refractivity contribution >= 4 is 17.1 Å². The second kappa shape index (κ2) is 8.15. The maximum absolute atomic E-state index is 10.0. The number of hydrogen-bond donors (Lipinski definition) is 0. The Balaban J connectivity index is 2.85. The highest BCUT2D eigenvalue weighted by Gasteiger charge is 1.91. The maximum Gasteiger partial charge on any atom is 0.0822 e. The monoisotopic (exact) mass is 173 g/mol. The standard InChI is InChI=1S/C9H17OS/c1-9(11)7-5-3-2-4-6-8-10/h2-8H2,1H3. The van der Waals surface area contributed by atoms with E-state index in [-0.39, 0.29) is 6.61 Å². The maximum atomic E-state index is 10.0. The third-order valence-electron chi connectivity index (χ3n) is 1.67. The van der Waals surface area contributed by atoms with Gasteiger partial charge in [-0.1, -0.05) is 31.5 Å². The van der Waals surface area contributed by atoms with Crippen molar-refractivity contribution in [3.63, 3.8) is 0 Å². The Morgan fingerprint density at radius 3 is 2.18 bits per heavy atom. The fraction of sp³-hybridized carbons (Fsp3) is 0.889. The Hall–Kier alpha value is 0.0500. The SMILES string of the molecule is CC(=S)CCCCCCC[O]. The summed E-state index contributed by atoms with van der Waals surface area (Å²) in [7, 11) is 0. The molecular formula is C9H17OS. The van der Waals surface area contributed by atoms with E-state index in [1.54, 1.807) is 0 Å². The van der Waals surface area contributed by atoms with Crippen molar-refractivity contribution in [2.24, 2.45) is 0 Å². The zero-order valence-corrected chi connectivity index (χ0v) is 8.08. The highest BCUT2D eigenvalue weighted by molar-refractivity contribution is 7.80. The van der Waals surface area contributed by atoms with Gasteiger partial charge in [0.25, 0.3) is 0 Å². The van der Waals surface area contributed by atoms with E-state index in [9.17, 15) is 5.11 Å². The molecule has 0 aliphatic carbocycles. The predicted molar refractivity (Wildman–Crippen MR) is 51.5 cm³/mol. The molecule has 0 aliphatic heterocycles. The van der Waals surface area contributed by atoms with Crippen LogP contribution in [0, 0.1) is 0 Å². The van der Waals surface area contributed by atoms with Gasteiger partial charge in [0.05, 0.1) is 6.61 Å². The number of rotatable bonds is 7. The van der Waals surface area contributed by atoms with Crippen molar-refractivity contribution in [1.29, 1.82) is 0 Å². The van der Waals surface area contributed by atoms with Crippen LogP contribution < -0.4 is 0 Å². The second-order valence-electron chi connectivity index (χ2n) is 2.92. The topological polar surface area (TPSA) is 19.9 Å². The van der Waals surface area contributed by atoms with Crippen LogP contribution in [-0.2, 0) is 5.11 Å². The summed E-state index contributed by atoms with van der Waals surface area (Å²) in [6, 6.07) is 0. The summed E-state index contributed by atoms with van der Waals surface area (Å²) in [4.78, 5) is 1.11. The van der Waals surface area contributed by atoms with Gasteiger partial charge < -0.3 is 0 Å². The minimum Gasteiger partial charge on any atom is -0.237 e. The zero-order valence-electron chi connectivity index (χ0n) is 7.27. The molecule has 0 spiro atoms. The highest BCUT2D eigenvalue weighted by Crippen LogP contribution is 2.05. The van der Waals surface area contributed by atoms with E-state index < -0.39 is 0 Å². The summed E-state index contributed by atoms with van der Waals surface area (Å²) >= 11 is 4.95. The van der Waals surface area contributed by atoms with E-state index in [1.807, 2.05) is 6.92 Å². The summed E-state index contributed by atoms with van der Waals surface area (Å²) in [5, 5.41) is 10.0. The molecule has 0 fully saturated rings. The van der Waals surface area contributed by atoms with Gasteiger partial charge in [-0.25, -0.2) is 5.11 Å². The molecule has 1 nitrogen and oxygen atoms in total. The zero-order chi connectivity index (χ0) is 8.53. The lowest BCUT2D eigenvalue weighted by molar-refractivity contribution is 0.186. The van der Waals surface area contributed by atoms with E-state index in [2.05, 4.69) is 0 Å². The van der Waals surface area contributed by atoms with Gasteiger partial charge >= 0.3 is 0 Å². The van der Waals surface area contributed by atoms with Gasteiger partial charge in [-0.2, -0.15) is 0 Å². The van der Waals surface area contributed by atoms with E-state index in [4.69, 9.17) is 12.2 Å². The minimum absolute atomic E-state index is 0.0895. The molecular weight excluding hydrogens is 156 g/mol. The van der Waals surface area contributed by atoms with Crippen LogP contribution in [0.15, 0.2) is 0 Å². The van der Waals surface area contributed by atoms with Gasteiger partial charge in [0.2, 0.25) is 0 Å². The molecule has 0 aromatic rings. The van der Waals surface area contributed by atoms with Crippen LogP contribution in [0.4, 0.5) is 0 Å². The lowest BCUT2D eigenvalue weighted by Gasteiger charge is -1.98. The average Bonchev–Trinajstić information content (AvgIpc) is 1.96. The quantitative estimate of drug-likeness (QED) is 0.427. The van der Waals surface area contributed by atoms with E-state index in [0.29, 0.717) is 0 Å². The van der Waals surface area contributed by atoms with Crippen molar-refractivity contribution < 1.29 is 5.11 Å². The first kappa shape index (κ1) is 11.1. The number of unbranched alkanes of at least 4 members (excludes halogenated alkanes) is 4. The number of thiocarbonyl (C=S) groups is 1. The molecule has 2 heteroatoms. The molecule has 11 heavy (non-hydrogen) atoms. The van der Waals surface area contributed by atoms with Crippen LogP contribution in [-0.4, -0.2) is 11.5 Å². The lowest BCUT2D eigenvalue weighted by atomic mass is 10.1. The molecule has 0 saturated carbocycles. The van der Waals surface area contributed by atoms with Crippen molar-refractivity contribution in [1.82, 2.24) is 0 Å². The molecule has 0 bridgehead atoms. The Morgan fingerprint density at radius 2 is 1.64 bits per heavy atom. The smallest absolute Gasteiger partial charge is 0.0822 e. The fourth-order valence-corrected chi connectivity index (χ4v) is 1.15. The van der Waals surface area contributed by atoms with Crippen molar-refractivity contribution in [2.45, 2.75) is 45.4 Å². The van der Waals surface area contributed by atoms with E-state index in [1.165, 1.54) is 19.3 Å². The highest BCUT2D eigenvalue weighted by atomic mass is 32.1. The largest absolute Gasteiger partial charge is 0.237 e. The van der Waals surface area contributed by atoms with Crippen LogP contribution >= 0.6 is 12.2 Å². The Kier molecular flexibility index (Phi) is 8.19. The van der Waals surface area contributed by atoms with E-state index in [0.717, 1.165) is 24.1 Å². The molecule has 0 rings (SSSR count). The molecule has 0 aromatic carbocycles. The molecule has 0 atom stereocenters. The molecule has 0 unspecified atom stereocenters. The van der Waals surface area contributed by atoms with Gasteiger partial charge in [0.15, 0.2) is 0 Å². The first-order valence-electron chi connectivity index (χ1n) is 4.35. The fourth-order valence-electron chi connectivity index (χ4n) is 1.01. The molecule has 0 heterocycles. The molecule has 0 aromatic heterocycles. The van der Waals surface area contributed by atoms with Gasteiger partial charge in [0.1, 0.15) is 0 Å². The van der Waals surface area contributed by atoms with Crippen molar-refractivity contribution in [3.8, 4) is 0 Å². The van der Waals surface area contributed by atoms with Crippen LogP contribution in [0.1, 0.15) is 45.4 Å². The molecule has 65 valence electrons. The molecule has 0 saturated heterocycles. The first-order valence-corrected chi connectivity index (χ1v) is 4.75. The summed E-state index contributed by atoms with van der Waals surface area (Å²) in [6.07, 6.45) is 6.65. The van der Waals surface area contributed by atoms with Gasteiger partial charge in [-0.15, -0.1) is 0 Å². The van der Waals surface area contributed by atoms with Crippen LogP contribution in [0.2, 0.25) is 0 Å². The normalized spacial score (nSPS) is 10.0. The predicted octanol–water partition coefficient (Wildman–Crippen LogP) is 3.15. The van der Waals surface area contributed by atoms with E-state index >= 15 is 0 Å². The van der Waals surface area contributed by atoms with Gasteiger partial charge in [0, 0.05) is 0 Å². The van der Waals surface area contributed by atoms with Gasteiger partial charge in [-0.05, 0) is 31.1 Å². The third-order valence-corrected chi connectivity index (χ3v) is 1.88. The molecule has 0 amide bonds. The summed E-state index contributed by atoms with van der Waals surface area (Å²) in [5.74, 6) is 0. The first-order chi connectivity index (χ1) is 5.27.